The number of piperazine rings is 1. The third-order valence-electron chi connectivity index (χ3n) is 5.16. The molecule has 0 bridgehead atoms. The van der Waals surface area contributed by atoms with Crippen LogP contribution in [0.2, 0.25) is 5.02 Å². The molecule has 0 atom stereocenters. The van der Waals surface area contributed by atoms with Crippen LogP contribution < -0.4 is 4.90 Å². The Hall–Kier alpha value is -2.38. The third kappa shape index (κ3) is 4.02. The fourth-order valence-electron chi connectivity index (χ4n) is 3.50. The topological polar surface area (TPSA) is 54.3 Å². The van der Waals surface area contributed by atoms with Gasteiger partial charge in [0.25, 0.3) is 5.91 Å². The van der Waals surface area contributed by atoms with Crippen molar-refractivity contribution in [2.75, 3.05) is 31.1 Å². The minimum absolute atomic E-state index is 0.0508. The highest BCUT2D eigenvalue weighted by Crippen LogP contribution is 2.23. The minimum Gasteiger partial charge on any atom is -0.353 e. The Bertz CT molecular complexity index is 1020. The van der Waals surface area contributed by atoms with Crippen LogP contribution in [0, 0.1) is 13.8 Å². The van der Waals surface area contributed by atoms with Gasteiger partial charge in [0.1, 0.15) is 5.82 Å². The van der Waals surface area contributed by atoms with Gasteiger partial charge in [-0.15, -0.1) is 0 Å². The molecule has 150 valence electrons. The van der Waals surface area contributed by atoms with Gasteiger partial charge in [-0.05, 0) is 66.2 Å². The molecule has 0 unspecified atom stereocenters. The van der Waals surface area contributed by atoms with Gasteiger partial charge in [-0.2, -0.15) is 5.10 Å². The Morgan fingerprint density at radius 3 is 2.28 bits per heavy atom. The number of carbonyl (C=O) groups is 1. The van der Waals surface area contributed by atoms with Crippen molar-refractivity contribution in [3.8, 4) is 5.69 Å². The number of carbonyl (C=O) groups excluding carboxylic acids is 1. The molecule has 0 radical (unpaired) electrons. The van der Waals surface area contributed by atoms with Crippen LogP contribution in [0.25, 0.3) is 5.69 Å². The van der Waals surface area contributed by atoms with Gasteiger partial charge >= 0.3 is 0 Å². The van der Waals surface area contributed by atoms with Crippen LogP contribution in [-0.4, -0.2) is 51.8 Å². The molecular formula is C21H21BrClN5O. The summed E-state index contributed by atoms with van der Waals surface area (Å²) < 4.78 is 2.89. The molecule has 0 spiro atoms. The van der Waals surface area contributed by atoms with E-state index in [0.717, 1.165) is 40.5 Å². The number of rotatable bonds is 3. The maximum absolute atomic E-state index is 12.9. The number of nitrogens with zero attached hydrogens (tertiary/aromatic N) is 5. The standard InChI is InChI=1S/C21H21BrClN5O/c1-14-20(22)15(2)28(25-14)18-6-3-16(4-7-18)21(29)27-11-9-26(10-12-27)19-8-5-17(23)13-24-19/h3-8,13H,9-12H2,1-2H3. The second-order valence-electron chi connectivity index (χ2n) is 7.06. The Labute approximate surface area is 183 Å². The Balaban J connectivity index is 1.42. The van der Waals surface area contributed by atoms with Crippen molar-refractivity contribution in [1.82, 2.24) is 19.7 Å². The first kappa shape index (κ1) is 19.9. The molecule has 0 N–H and O–H groups in total. The highest BCUT2D eigenvalue weighted by Gasteiger charge is 2.23. The summed E-state index contributed by atoms with van der Waals surface area (Å²) in [6, 6.07) is 11.4. The SMILES string of the molecule is Cc1nn(-c2ccc(C(=O)N3CCN(c4ccc(Cl)cn4)CC3)cc2)c(C)c1Br. The fraction of sp³-hybridized carbons (Fsp3) is 0.286. The van der Waals surface area contributed by atoms with Crippen molar-refractivity contribution in [2.24, 2.45) is 0 Å². The quantitative estimate of drug-likeness (QED) is 0.569. The van der Waals surface area contributed by atoms with Gasteiger partial charge in [0.15, 0.2) is 0 Å². The lowest BCUT2D eigenvalue weighted by atomic mass is 10.1. The summed E-state index contributed by atoms with van der Waals surface area (Å²) in [7, 11) is 0. The zero-order valence-corrected chi connectivity index (χ0v) is 18.6. The largest absolute Gasteiger partial charge is 0.353 e. The summed E-state index contributed by atoms with van der Waals surface area (Å²) >= 11 is 9.46. The monoisotopic (exact) mass is 473 g/mol. The second-order valence-corrected chi connectivity index (χ2v) is 8.29. The van der Waals surface area contributed by atoms with E-state index in [4.69, 9.17) is 11.6 Å². The van der Waals surface area contributed by atoms with E-state index in [2.05, 4.69) is 30.9 Å². The lowest BCUT2D eigenvalue weighted by Crippen LogP contribution is -2.49. The number of aryl methyl sites for hydroxylation is 1. The lowest BCUT2D eigenvalue weighted by molar-refractivity contribution is 0.0746. The predicted molar refractivity (Wildman–Crippen MR) is 118 cm³/mol. The summed E-state index contributed by atoms with van der Waals surface area (Å²) in [5, 5.41) is 5.17. The molecule has 6 nitrogen and oxygen atoms in total. The number of hydrogen-bond acceptors (Lipinski definition) is 4. The average Bonchev–Trinajstić information content (AvgIpc) is 3.01. The number of anilines is 1. The molecule has 8 heteroatoms. The van der Waals surface area contributed by atoms with E-state index in [0.29, 0.717) is 23.7 Å². The van der Waals surface area contributed by atoms with Crippen molar-refractivity contribution in [1.29, 1.82) is 0 Å². The zero-order chi connectivity index (χ0) is 20.5. The molecule has 1 fully saturated rings. The number of aromatic nitrogens is 3. The smallest absolute Gasteiger partial charge is 0.253 e. The number of pyridine rings is 1. The van der Waals surface area contributed by atoms with Crippen molar-refractivity contribution in [3.63, 3.8) is 0 Å². The van der Waals surface area contributed by atoms with E-state index < -0.39 is 0 Å². The molecule has 1 aliphatic rings. The molecule has 1 saturated heterocycles. The van der Waals surface area contributed by atoms with E-state index in [1.807, 2.05) is 59.8 Å². The molecule has 0 saturated carbocycles. The fourth-order valence-corrected chi connectivity index (χ4v) is 3.86. The van der Waals surface area contributed by atoms with Crippen LogP contribution in [0.1, 0.15) is 21.7 Å². The number of amides is 1. The van der Waals surface area contributed by atoms with Crippen LogP contribution in [0.3, 0.4) is 0 Å². The van der Waals surface area contributed by atoms with E-state index in [-0.39, 0.29) is 5.91 Å². The highest BCUT2D eigenvalue weighted by atomic mass is 79.9. The van der Waals surface area contributed by atoms with Gasteiger partial charge in [-0.1, -0.05) is 11.6 Å². The third-order valence-corrected chi connectivity index (χ3v) is 6.54. The van der Waals surface area contributed by atoms with Gasteiger partial charge in [0.2, 0.25) is 0 Å². The van der Waals surface area contributed by atoms with Crippen molar-refractivity contribution in [3.05, 3.63) is 69.0 Å². The Morgan fingerprint density at radius 1 is 1.03 bits per heavy atom. The normalized spacial score (nSPS) is 14.3. The Morgan fingerprint density at radius 2 is 1.72 bits per heavy atom. The number of benzene rings is 1. The molecule has 1 aromatic carbocycles. The van der Waals surface area contributed by atoms with Crippen LogP contribution in [0.5, 0.6) is 0 Å². The van der Waals surface area contributed by atoms with Crippen molar-refractivity contribution < 1.29 is 4.79 Å². The molecule has 1 amide bonds. The first-order valence-corrected chi connectivity index (χ1v) is 10.6. The summed E-state index contributed by atoms with van der Waals surface area (Å²) in [6.07, 6.45) is 1.65. The maximum Gasteiger partial charge on any atom is 0.253 e. The molecule has 1 aliphatic heterocycles. The number of halogens is 2. The van der Waals surface area contributed by atoms with E-state index in [1.54, 1.807) is 6.20 Å². The highest BCUT2D eigenvalue weighted by molar-refractivity contribution is 9.10. The molecule has 4 rings (SSSR count). The minimum atomic E-state index is 0.0508. The molecule has 29 heavy (non-hydrogen) atoms. The first-order valence-electron chi connectivity index (χ1n) is 9.42. The summed E-state index contributed by atoms with van der Waals surface area (Å²) in [4.78, 5) is 21.3. The molecule has 0 aliphatic carbocycles. The summed E-state index contributed by atoms with van der Waals surface area (Å²) in [5.74, 6) is 0.941. The van der Waals surface area contributed by atoms with Crippen molar-refractivity contribution in [2.45, 2.75) is 13.8 Å². The van der Waals surface area contributed by atoms with Crippen LogP contribution in [0.15, 0.2) is 47.1 Å². The summed E-state index contributed by atoms with van der Waals surface area (Å²) in [6.45, 7) is 6.80. The van der Waals surface area contributed by atoms with Crippen molar-refractivity contribution >= 4 is 39.3 Å². The van der Waals surface area contributed by atoms with E-state index >= 15 is 0 Å². The maximum atomic E-state index is 12.9. The predicted octanol–water partition coefficient (Wildman–Crippen LogP) is 4.26. The lowest BCUT2D eigenvalue weighted by Gasteiger charge is -2.35. The van der Waals surface area contributed by atoms with Gasteiger partial charge in [-0.3, -0.25) is 4.79 Å². The van der Waals surface area contributed by atoms with E-state index in [1.165, 1.54) is 0 Å². The van der Waals surface area contributed by atoms with Crippen LogP contribution in [-0.2, 0) is 0 Å². The van der Waals surface area contributed by atoms with Gasteiger partial charge in [0.05, 0.1) is 26.6 Å². The molecule has 3 aromatic rings. The molecule has 2 aromatic heterocycles. The molecular weight excluding hydrogens is 454 g/mol. The zero-order valence-electron chi connectivity index (χ0n) is 16.3. The average molecular weight is 475 g/mol. The van der Waals surface area contributed by atoms with Crippen LogP contribution in [0.4, 0.5) is 5.82 Å². The first-order chi connectivity index (χ1) is 13.9. The number of hydrogen-bond donors (Lipinski definition) is 0. The van der Waals surface area contributed by atoms with E-state index in [9.17, 15) is 4.79 Å². The Kier molecular flexibility index (Phi) is 5.61. The van der Waals surface area contributed by atoms with Gasteiger partial charge in [0, 0.05) is 37.9 Å². The molecule has 3 heterocycles. The van der Waals surface area contributed by atoms with Crippen LogP contribution >= 0.6 is 27.5 Å². The summed E-state index contributed by atoms with van der Waals surface area (Å²) in [5.41, 5.74) is 3.60. The van der Waals surface area contributed by atoms with Gasteiger partial charge in [-0.25, -0.2) is 9.67 Å². The van der Waals surface area contributed by atoms with Gasteiger partial charge < -0.3 is 9.80 Å². The second kappa shape index (κ2) is 8.16.